The van der Waals surface area contributed by atoms with Crippen molar-refractivity contribution in [2.45, 2.75) is 17.2 Å². The Morgan fingerprint density at radius 3 is 2.73 bits per heavy atom. The number of thioether (sulfide) groups is 1. The molecule has 0 unspecified atom stereocenters. The average molecular weight is 344 g/mol. The average Bonchev–Trinajstić information content (AvgIpc) is 2.86. The predicted molar refractivity (Wildman–Crippen MR) is 80.0 cm³/mol. The molecule has 0 fully saturated rings. The number of fused-ring (bicyclic) bond motifs is 1. The minimum absolute atomic E-state index is 0.338. The lowest BCUT2D eigenvalue weighted by molar-refractivity contribution is -0.137. The fraction of sp³-hybridized carbons (Fsp3) is 0.133. The smallest absolute Gasteiger partial charge is 0.416 e. The lowest BCUT2D eigenvalue weighted by atomic mass is 10.1. The highest BCUT2D eigenvalue weighted by atomic mass is 35.5. The monoisotopic (exact) mass is 343 g/mol. The van der Waals surface area contributed by atoms with Crippen LogP contribution in [0.5, 0.6) is 0 Å². The summed E-state index contributed by atoms with van der Waals surface area (Å²) >= 11 is 7.10. The Labute approximate surface area is 133 Å². The van der Waals surface area contributed by atoms with Crippen molar-refractivity contribution < 1.29 is 17.6 Å². The quantitative estimate of drug-likeness (QED) is 0.563. The van der Waals surface area contributed by atoms with Crippen LogP contribution in [0.3, 0.4) is 0 Å². The summed E-state index contributed by atoms with van der Waals surface area (Å²) in [6.45, 7) is 0. The molecule has 3 rings (SSSR count). The molecule has 0 aliphatic heterocycles. The Morgan fingerprint density at radius 1 is 1.14 bits per heavy atom. The first-order chi connectivity index (χ1) is 10.4. The second-order valence-corrected chi connectivity index (χ2v) is 5.94. The fourth-order valence-electron chi connectivity index (χ4n) is 1.92. The highest BCUT2D eigenvalue weighted by molar-refractivity contribution is 7.98. The number of aromatic nitrogens is 1. The predicted octanol–water partition coefficient (Wildman–Crippen LogP) is 5.79. The first-order valence-corrected chi connectivity index (χ1v) is 7.63. The van der Waals surface area contributed by atoms with E-state index in [9.17, 15) is 13.2 Å². The van der Waals surface area contributed by atoms with Crippen molar-refractivity contribution in [3.8, 4) is 0 Å². The molecule has 0 radical (unpaired) electrons. The van der Waals surface area contributed by atoms with Crippen molar-refractivity contribution in [2.75, 3.05) is 0 Å². The van der Waals surface area contributed by atoms with Crippen molar-refractivity contribution in [1.82, 2.24) is 4.98 Å². The molecule has 2 nitrogen and oxygen atoms in total. The molecule has 0 spiro atoms. The molecule has 0 aliphatic carbocycles. The van der Waals surface area contributed by atoms with E-state index in [0.717, 1.165) is 12.1 Å². The molecule has 0 bridgehead atoms. The van der Waals surface area contributed by atoms with Crippen LogP contribution in [-0.2, 0) is 11.9 Å². The number of rotatable bonds is 3. The van der Waals surface area contributed by atoms with Crippen LogP contribution >= 0.6 is 23.4 Å². The zero-order chi connectivity index (χ0) is 15.7. The zero-order valence-electron chi connectivity index (χ0n) is 11.0. The van der Waals surface area contributed by atoms with E-state index in [1.807, 2.05) is 0 Å². The standard InChI is InChI=1S/C15H9ClF3NOS/c16-11-4-5-12-13(7-11)21-14(20-12)22-8-9-2-1-3-10(6-9)15(17,18)19/h1-7H,8H2. The third-order valence-electron chi connectivity index (χ3n) is 2.95. The van der Waals surface area contributed by atoms with Gasteiger partial charge in [0, 0.05) is 16.8 Å². The molecule has 0 saturated carbocycles. The van der Waals surface area contributed by atoms with Gasteiger partial charge >= 0.3 is 6.18 Å². The van der Waals surface area contributed by atoms with Crippen LogP contribution in [-0.4, -0.2) is 4.98 Å². The van der Waals surface area contributed by atoms with E-state index in [-0.39, 0.29) is 0 Å². The highest BCUT2D eigenvalue weighted by Crippen LogP contribution is 2.32. The van der Waals surface area contributed by atoms with Gasteiger partial charge in [0.05, 0.1) is 5.56 Å². The molecule has 0 saturated heterocycles. The van der Waals surface area contributed by atoms with Crippen molar-refractivity contribution in [3.63, 3.8) is 0 Å². The van der Waals surface area contributed by atoms with E-state index < -0.39 is 11.7 Å². The molecule has 1 aromatic heterocycles. The normalized spacial score (nSPS) is 12.0. The molecular formula is C15H9ClF3NOS. The molecule has 2 aromatic carbocycles. The highest BCUT2D eigenvalue weighted by Gasteiger charge is 2.30. The summed E-state index contributed by atoms with van der Waals surface area (Å²) in [4.78, 5) is 4.26. The van der Waals surface area contributed by atoms with Gasteiger partial charge in [0.15, 0.2) is 5.58 Å². The van der Waals surface area contributed by atoms with Crippen LogP contribution in [0.25, 0.3) is 11.1 Å². The van der Waals surface area contributed by atoms with E-state index in [4.69, 9.17) is 16.0 Å². The number of benzene rings is 2. The van der Waals surface area contributed by atoms with E-state index in [0.29, 0.717) is 32.7 Å². The maximum atomic E-state index is 12.7. The van der Waals surface area contributed by atoms with E-state index in [2.05, 4.69) is 4.98 Å². The summed E-state index contributed by atoms with van der Waals surface area (Å²) in [5.74, 6) is 0.338. The number of hydrogen-bond donors (Lipinski definition) is 0. The number of nitrogens with zero attached hydrogens (tertiary/aromatic N) is 1. The molecule has 3 aromatic rings. The first kappa shape index (κ1) is 15.2. The summed E-state index contributed by atoms with van der Waals surface area (Å²) in [5, 5.41) is 0.938. The largest absolute Gasteiger partial charge is 0.431 e. The van der Waals surface area contributed by atoms with Gasteiger partial charge in [0.25, 0.3) is 5.22 Å². The first-order valence-electron chi connectivity index (χ1n) is 6.27. The van der Waals surface area contributed by atoms with Gasteiger partial charge in [-0.3, -0.25) is 0 Å². The minimum Gasteiger partial charge on any atom is -0.431 e. The molecule has 0 N–H and O–H groups in total. The van der Waals surface area contributed by atoms with Crippen LogP contribution in [0.15, 0.2) is 52.1 Å². The van der Waals surface area contributed by atoms with E-state index in [1.54, 1.807) is 24.3 Å². The van der Waals surface area contributed by atoms with Crippen LogP contribution in [0, 0.1) is 0 Å². The van der Waals surface area contributed by atoms with Gasteiger partial charge in [0.1, 0.15) is 5.52 Å². The third kappa shape index (κ3) is 3.39. The molecule has 114 valence electrons. The molecule has 0 atom stereocenters. The maximum Gasteiger partial charge on any atom is 0.416 e. The number of alkyl halides is 3. The van der Waals surface area contributed by atoms with Crippen LogP contribution in [0.1, 0.15) is 11.1 Å². The summed E-state index contributed by atoms with van der Waals surface area (Å²) in [7, 11) is 0. The van der Waals surface area contributed by atoms with Crippen LogP contribution in [0.4, 0.5) is 13.2 Å². The summed E-state index contributed by atoms with van der Waals surface area (Å²) in [6, 6.07) is 10.3. The second kappa shape index (κ2) is 5.85. The molecule has 7 heteroatoms. The minimum atomic E-state index is -4.34. The Kier molecular flexibility index (Phi) is 4.06. The molecule has 0 aliphatic rings. The summed E-state index contributed by atoms with van der Waals surface area (Å²) in [6.07, 6.45) is -4.34. The maximum absolute atomic E-state index is 12.7. The molecule has 0 amide bonds. The summed E-state index contributed by atoms with van der Waals surface area (Å²) in [5.41, 5.74) is 1.12. The lowest BCUT2D eigenvalue weighted by Crippen LogP contribution is -2.04. The zero-order valence-corrected chi connectivity index (χ0v) is 12.6. The number of halogens is 4. The Hall–Kier alpha value is -1.66. The van der Waals surface area contributed by atoms with Crippen LogP contribution in [0.2, 0.25) is 5.02 Å². The Morgan fingerprint density at radius 2 is 1.95 bits per heavy atom. The van der Waals surface area contributed by atoms with Crippen molar-refractivity contribution in [2.24, 2.45) is 0 Å². The molecule has 1 heterocycles. The van der Waals surface area contributed by atoms with Gasteiger partial charge in [0.2, 0.25) is 0 Å². The molecular weight excluding hydrogens is 335 g/mol. The van der Waals surface area contributed by atoms with Crippen LogP contribution < -0.4 is 0 Å². The Bertz CT molecular complexity index is 816. The fourth-order valence-corrected chi connectivity index (χ4v) is 2.86. The lowest BCUT2D eigenvalue weighted by Gasteiger charge is -2.07. The SMILES string of the molecule is FC(F)(F)c1cccc(CSc2nc3ccc(Cl)cc3o2)c1. The van der Waals surface area contributed by atoms with E-state index >= 15 is 0 Å². The number of hydrogen-bond acceptors (Lipinski definition) is 3. The van der Waals surface area contributed by atoms with Crippen molar-refractivity contribution >= 4 is 34.5 Å². The van der Waals surface area contributed by atoms with E-state index in [1.165, 1.54) is 17.8 Å². The Balaban J connectivity index is 1.76. The summed E-state index contributed by atoms with van der Waals surface area (Å²) < 4.78 is 43.5. The number of oxazole rings is 1. The van der Waals surface area contributed by atoms with Gasteiger partial charge in [-0.1, -0.05) is 41.6 Å². The van der Waals surface area contributed by atoms with Crippen molar-refractivity contribution in [1.29, 1.82) is 0 Å². The van der Waals surface area contributed by atoms with Gasteiger partial charge in [-0.05, 0) is 23.8 Å². The van der Waals surface area contributed by atoms with Gasteiger partial charge in [-0.2, -0.15) is 13.2 Å². The van der Waals surface area contributed by atoms with Gasteiger partial charge in [-0.25, -0.2) is 4.98 Å². The molecule has 22 heavy (non-hydrogen) atoms. The van der Waals surface area contributed by atoms with Gasteiger partial charge < -0.3 is 4.42 Å². The third-order valence-corrected chi connectivity index (χ3v) is 4.08. The topological polar surface area (TPSA) is 26.0 Å². The van der Waals surface area contributed by atoms with Gasteiger partial charge in [-0.15, -0.1) is 0 Å². The van der Waals surface area contributed by atoms with Crippen molar-refractivity contribution in [3.05, 3.63) is 58.6 Å². The second-order valence-electron chi connectivity index (χ2n) is 4.58.